The Hall–Kier alpha value is -0.610. The second kappa shape index (κ2) is 6.08. The van der Waals surface area contributed by atoms with Crippen molar-refractivity contribution in [3.8, 4) is 0 Å². The summed E-state index contributed by atoms with van der Waals surface area (Å²) in [5, 5.41) is 8.99. The van der Waals surface area contributed by atoms with Crippen LogP contribution in [0.15, 0.2) is 0 Å². The number of hydrogen-bond acceptors (Lipinski definition) is 4. The number of hydrogen-bond donors (Lipinski definition) is 1. The molecule has 0 aromatic rings. The largest absolute Gasteiger partial charge is 0.459 e. The van der Waals surface area contributed by atoms with Crippen molar-refractivity contribution in [3.05, 3.63) is 0 Å². The van der Waals surface area contributed by atoms with Gasteiger partial charge in [0.05, 0.1) is 13.2 Å². The summed E-state index contributed by atoms with van der Waals surface area (Å²) < 4.78 is 5.20. The molecule has 0 aliphatic carbocycles. The molecule has 0 aromatic heterocycles. The Morgan fingerprint density at radius 1 is 1.47 bits per heavy atom. The van der Waals surface area contributed by atoms with E-state index in [-0.39, 0.29) is 25.2 Å². The first-order valence-corrected chi connectivity index (χ1v) is 5.37. The summed E-state index contributed by atoms with van der Waals surface area (Å²) >= 11 is 0. The second-order valence-electron chi connectivity index (χ2n) is 4.68. The van der Waals surface area contributed by atoms with E-state index in [9.17, 15) is 4.79 Å². The Morgan fingerprint density at radius 3 is 2.33 bits per heavy atom. The molecule has 0 rings (SSSR count). The molecule has 0 aliphatic rings. The summed E-state index contributed by atoms with van der Waals surface area (Å²) in [7, 11) is 0. The van der Waals surface area contributed by atoms with E-state index in [0.29, 0.717) is 0 Å². The number of carbonyl (C=O) groups is 1. The maximum Gasteiger partial charge on any atom is 0.320 e. The van der Waals surface area contributed by atoms with Crippen molar-refractivity contribution in [2.24, 2.45) is 0 Å². The van der Waals surface area contributed by atoms with E-state index in [1.807, 2.05) is 39.5 Å². The SMILES string of the molecule is CCN(CC(=O)OC(C)(C)C)C(C)CO. The number of aliphatic hydroxyl groups is 1. The lowest BCUT2D eigenvalue weighted by molar-refractivity contribution is -0.156. The van der Waals surface area contributed by atoms with Gasteiger partial charge in [-0.05, 0) is 34.2 Å². The van der Waals surface area contributed by atoms with Crippen molar-refractivity contribution in [3.63, 3.8) is 0 Å². The lowest BCUT2D eigenvalue weighted by Crippen LogP contribution is -2.41. The van der Waals surface area contributed by atoms with Crippen LogP contribution in [0.3, 0.4) is 0 Å². The maximum absolute atomic E-state index is 11.5. The average molecular weight is 217 g/mol. The van der Waals surface area contributed by atoms with Gasteiger partial charge in [0.25, 0.3) is 0 Å². The zero-order valence-electron chi connectivity index (χ0n) is 10.4. The van der Waals surface area contributed by atoms with Crippen LogP contribution in [0.25, 0.3) is 0 Å². The molecule has 4 heteroatoms. The highest BCUT2D eigenvalue weighted by molar-refractivity contribution is 5.72. The number of ether oxygens (including phenoxy) is 1. The van der Waals surface area contributed by atoms with Crippen LogP contribution >= 0.6 is 0 Å². The maximum atomic E-state index is 11.5. The standard InChI is InChI=1S/C11H23NO3/c1-6-12(9(2)8-13)7-10(14)15-11(3,4)5/h9,13H,6-8H2,1-5H3. The van der Waals surface area contributed by atoms with Crippen molar-refractivity contribution >= 4 is 5.97 Å². The van der Waals surface area contributed by atoms with Crippen LogP contribution in [-0.2, 0) is 9.53 Å². The van der Waals surface area contributed by atoms with E-state index in [4.69, 9.17) is 9.84 Å². The van der Waals surface area contributed by atoms with Crippen LogP contribution < -0.4 is 0 Å². The molecule has 0 spiro atoms. The molecular formula is C11H23NO3. The monoisotopic (exact) mass is 217 g/mol. The normalized spacial score (nSPS) is 14.1. The Bertz CT molecular complexity index is 198. The van der Waals surface area contributed by atoms with E-state index in [2.05, 4.69) is 0 Å². The molecule has 0 fully saturated rings. The lowest BCUT2D eigenvalue weighted by Gasteiger charge is -2.27. The van der Waals surface area contributed by atoms with Crippen LogP contribution in [0, 0.1) is 0 Å². The van der Waals surface area contributed by atoms with Crippen molar-refractivity contribution < 1.29 is 14.6 Å². The Morgan fingerprint density at radius 2 is 2.00 bits per heavy atom. The van der Waals surface area contributed by atoms with E-state index in [1.165, 1.54) is 0 Å². The summed E-state index contributed by atoms with van der Waals surface area (Å²) in [6.45, 7) is 10.4. The van der Waals surface area contributed by atoms with E-state index >= 15 is 0 Å². The number of carbonyl (C=O) groups excluding carboxylic acids is 1. The number of esters is 1. The zero-order chi connectivity index (χ0) is 12.1. The molecule has 0 aromatic carbocycles. The molecule has 0 bridgehead atoms. The third kappa shape index (κ3) is 6.47. The van der Waals surface area contributed by atoms with Gasteiger partial charge < -0.3 is 9.84 Å². The fourth-order valence-electron chi connectivity index (χ4n) is 1.23. The van der Waals surface area contributed by atoms with Crippen molar-refractivity contribution in [2.45, 2.75) is 46.3 Å². The topological polar surface area (TPSA) is 49.8 Å². The number of aliphatic hydroxyl groups excluding tert-OH is 1. The van der Waals surface area contributed by atoms with Crippen LogP contribution in [0.4, 0.5) is 0 Å². The number of nitrogens with zero attached hydrogens (tertiary/aromatic N) is 1. The molecule has 1 atom stereocenters. The van der Waals surface area contributed by atoms with Gasteiger partial charge >= 0.3 is 5.97 Å². The third-order valence-electron chi connectivity index (χ3n) is 2.05. The minimum absolute atomic E-state index is 0.0116. The van der Waals surface area contributed by atoms with Gasteiger partial charge in [-0.3, -0.25) is 9.69 Å². The molecule has 0 heterocycles. The molecule has 0 aliphatic heterocycles. The van der Waals surface area contributed by atoms with Crippen LogP contribution in [0.1, 0.15) is 34.6 Å². The van der Waals surface area contributed by atoms with E-state index < -0.39 is 5.60 Å². The molecule has 15 heavy (non-hydrogen) atoms. The third-order valence-corrected chi connectivity index (χ3v) is 2.05. The minimum Gasteiger partial charge on any atom is -0.459 e. The molecule has 0 saturated carbocycles. The molecule has 0 radical (unpaired) electrons. The molecule has 1 N–H and O–H groups in total. The molecule has 1 unspecified atom stereocenters. The van der Waals surface area contributed by atoms with E-state index in [1.54, 1.807) is 0 Å². The molecule has 0 amide bonds. The van der Waals surface area contributed by atoms with Gasteiger partial charge in [0, 0.05) is 6.04 Å². The van der Waals surface area contributed by atoms with Gasteiger partial charge in [-0.15, -0.1) is 0 Å². The Balaban J connectivity index is 4.13. The second-order valence-corrected chi connectivity index (χ2v) is 4.68. The van der Waals surface area contributed by atoms with Crippen molar-refractivity contribution in [1.82, 2.24) is 4.90 Å². The van der Waals surface area contributed by atoms with Crippen molar-refractivity contribution in [2.75, 3.05) is 19.7 Å². The minimum atomic E-state index is -0.445. The van der Waals surface area contributed by atoms with Gasteiger partial charge in [0.15, 0.2) is 0 Å². The highest BCUT2D eigenvalue weighted by atomic mass is 16.6. The molecular weight excluding hydrogens is 194 g/mol. The summed E-state index contributed by atoms with van der Waals surface area (Å²) in [5.74, 6) is -0.246. The van der Waals surface area contributed by atoms with Gasteiger partial charge in [-0.1, -0.05) is 6.92 Å². The predicted octanol–water partition coefficient (Wildman–Crippen LogP) is 1.03. The van der Waals surface area contributed by atoms with Crippen molar-refractivity contribution in [1.29, 1.82) is 0 Å². The summed E-state index contributed by atoms with van der Waals surface area (Å²) in [6.07, 6.45) is 0. The number of likely N-dealkylation sites (N-methyl/N-ethyl adjacent to an activating group) is 1. The predicted molar refractivity (Wildman–Crippen MR) is 59.6 cm³/mol. The fraction of sp³-hybridized carbons (Fsp3) is 0.909. The molecule has 4 nitrogen and oxygen atoms in total. The summed E-state index contributed by atoms with van der Waals surface area (Å²) in [5.41, 5.74) is -0.445. The molecule has 90 valence electrons. The first kappa shape index (κ1) is 14.4. The summed E-state index contributed by atoms with van der Waals surface area (Å²) in [6, 6.07) is -0.0116. The highest BCUT2D eigenvalue weighted by Crippen LogP contribution is 2.08. The van der Waals surface area contributed by atoms with Gasteiger partial charge in [-0.2, -0.15) is 0 Å². The Labute approximate surface area is 92.2 Å². The molecule has 0 saturated heterocycles. The van der Waals surface area contributed by atoms with Crippen LogP contribution in [0.2, 0.25) is 0 Å². The van der Waals surface area contributed by atoms with Gasteiger partial charge in [0.2, 0.25) is 0 Å². The average Bonchev–Trinajstić information content (AvgIpc) is 2.10. The van der Waals surface area contributed by atoms with E-state index in [0.717, 1.165) is 6.54 Å². The van der Waals surface area contributed by atoms with Crippen LogP contribution in [-0.4, -0.2) is 47.3 Å². The first-order valence-electron chi connectivity index (χ1n) is 5.37. The fourth-order valence-corrected chi connectivity index (χ4v) is 1.23. The first-order chi connectivity index (χ1) is 6.80. The van der Waals surface area contributed by atoms with Crippen LogP contribution in [0.5, 0.6) is 0 Å². The quantitative estimate of drug-likeness (QED) is 0.699. The smallest absolute Gasteiger partial charge is 0.320 e. The zero-order valence-corrected chi connectivity index (χ0v) is 10.4. The summed E-state index contributed by atoms with van der Waals surface area (Å²) in [4.78, 5) is 13.4. The van der Waals surface area contributed by atoms with Gasteiger partial charge in [-0.25, -0.2) is 0 Å². The number of rotatable bonds is 5. The highest BCUT2D eigenvalue weighted by Gasteiger charge is 2.20. The van der Waals surface area contributed by atoms with Gasteiger partial charge in [0.1, 0.15) is 5.60 Å². The Kier molecular flexibility index (Phi) is 5.83. The lowest BCUT2D eigenvalue weighted by atomic mass is 10.2.